The molecule has 0 amide bonds. The first-order valence-electron chi connectivity index (χ1n) is 4.95. The lowest BCUT2D eigenvalue weighted by Crippen LogP contribution is -2.33. The highest BCUT2D eigenvalue weighted by molar-refractivity contribution is 4.63. The SMILES string of the molecule is COCC(O)CNCC(C)C(C)C. The van der Waals surface area contributed by atoms with Crippen molar-refractivity contribution >= 4 is 0 Å². The third-order valence-electron chi connectivity index (χ3n) is 2.34. The Labute approximate surface area is 81.5 Å². The van der Waals surface area contributed by atoms with Gasteiger partial charge in [0, 0.05) is 13.7 Å². The molecule has 0 saturated heterocycles. The van der Waals surface area contributed by atoms with E-state index in [0.29, 0.717) is 25.0 Å². The van der Waals surface area contributed by atoms with Gasteiger partial charge in [0.1, 0.15) is 0 Å². The molecular formula is C10H23NO2. The molecule has 2 unspecified atom stereocenters. The molecule has 0 spiro atoms. The average molecular weight is 189 g/mol. The van der Waals surface area contributed by atoms with E-state index in [1.807, 2.05) is 0 Å². The number of hydrogen-bond donors (Lipinski definition) is 2. The topological polar surface area (TPSA) is 41.5 Å². The minimum absolute atomic E-state index is 0.385. The van der Waals surface area contributed by atoms with Crippen LogP contribution in [0.2, 0.25) is 0 Å². The Hall–Kier alpha value is -0.120. The van der Waals surface area contributed by atoms with E-state index in [1.165, 1.54) is 0 Å². The molecule has 80 valence electrons. The maximum Gasteiger partial charge on any atom is 0.0897 e. The Kier molecular flexibility index (Phi) is 7.23. The monoisotopic (exact) mass is 189 g/mol. The van der Waals surface area contributed by atoms with Crippen molar-refractivity contribution in [2.75, 3.05) is 26.8 Å². The molecule has 2 atom stereocenters. The first-order valence-corrected chi connectivity index (χ1v) is 4.95. The standard InChI is InChI=1S/C10H23NO2/c1-8(2)9(3)5-11-6-10(12)7-13-4/h8-12H,5-7H2,1-4H3. The molecule has 0 aromatic rings. The zero-order valence-corrected chi connectivity index (χ0v) is 9.21. The van der Waals surface area contributed by atoms with Gasteiger partial charge in [-0.3, -0.25) is 0 Å². The summed E-state index contributed by atoms with van der Waals surface area (Å²) in [5, 5.41) is 12.5. The summed E-state index contributed by atoms with van der Waals surface area (Å²) in [4.78, 5) is 0. The summed E-state index contributed by atoms with van der Waals surface area (Å²) in [6.07, 6.45) is -0.385. The molecule has 0 aliphatic carbocycles. The molecule has 0 aliphatic rings. The molecule has 0 fully saturated rings. The summed E-state index contributed by atoms with van der Waals surface area (Å²) in [7, 11) is 1.60. The summed E-state index contributed by atoms with van der Waals surface area (Å²) >= 11 is 0. The minimum Gasteiger partial charge on any atom is -0.389 e. The van der Waals surface area contributed by atoms with Crippen LogP contribution in [0.4, 0.5) is 0 Å². The maximum absolute atomic E-state index is 9.31. The van der Waals surface area contributed by atoms with Crippen LogP contribution >= 0.6 is 0 Å². The van der Waals surface area contributed by atoms with Crippen LogP contribution < -0.4 is 5.32 Å². The summed E-state index contributed by atoms with van der Waals surface area (Å²) in [5.74, 6) is 1.34. The zero-order chi connectivity index (χ0) is 10.3. The number of rotatable bonds is 7. The van der Waals surface area contributed by atoms with Crippen molar-refractivity contribution in [1.29, 1.82) is 0 Å². The zero-order valence-electron chi connectivity index (χ0n) is 9.21. The van der Waals surface area contributed by atoms with E-state index in [0.717, 1.165) is 6.54 Å². The fraction of sp³-hybridized carbons (Fsp3) is 1.00. The van der Waals surface area contributed by atoms with Crippen LogP contribution in [0.15, 0.2) is 0 Å². The highest BCUT2D eigenvalue weighted by atomic mass is 16.5. The lowest BCUT2D eigenvalue weighted by atomic mass is 9.98. The normalized spacial score (nSPS) is 16.2. The van der Waals surface area contributed by atoms with Gasteiger partial charge in [-0.1, -0.05) is 20.8 Å². The fourth-order valence-corrected chi connectivity index (χ4v) is 0.965. The minimum atomic E-state index is -0.385. The highest BCUT2D eigenvalue weighted by Crippen LogP contribution is 2.07. The number of aliphatic hydroxyl groups is 1. The van der Waals surface area contributed by atoms with Crippen molar-refractivity contribution < 1.29 is 9.84 Å². The van der Waals surface area contributed by atoms with Crippen LogP contribution in [0.5, 0.6) is 0 Å². The molecule has 0 bridgehead atoms. The molecule has 0 aromatic carbocycles. The van der Waals surface area contributed by atoms with E-state index in [-0.39, 0.29) is 6.10 Å². The second kappa shape index (κ2) is 7.30. The van der Waals surface area contributed by atoms with E-state index in [9.17, 15) is 5.11 Å². The number of nitrogens with one attached hydrogen (secondary N) is 1. The van der Waals surface area contributed by atoms with Crippen molar-refractivity contribution in [2.45, 2.75) is 26.9 Å². The first kappa shape index (κ1) is 12.9. The van der Waals surface area contributed by atoms with E-state index in [4.69, 9.17) is 4.74 Å². The van der Waals surface area contributed by atoms with Gasteiger partial charge in [0.2, 0.25) is 0 Å². The fourth-order valence-electron chi connectivity index (χ4n) is 0.965. The van der Waals surface area contributed by atoms with Crippen molar-refractivity contribution in [3.05, 3.63) is 0 Å². The van der Waals surface area contributed by atoms with Crippen LogP contribution in [0.25, 0.3) is 0 Å². The number of aliphatic hydroxyl groups excluding tert-OH is 1. The lowest BCUT2D eigenvalue weighted by molar-refractivity contribution is 0.0638. The lowest BCUT2D eigenvalue weighted by Gasteiger charge is -2.17. The van der Waals surface area contributed by atoms with Gasteiger partial charge in [-0.25, -0.2) is 0 Å². The largest absolute Gasteiger partial charge is 0.389 e. The van der Waals surface area contributed by atoms with Gasteiger partial charge in [0.25, 0.3) is 0 Å². The maximum atomic E-state index is 9.31. The number of ether oxygens (including phenoxy) is 1. The second-order valence-corrected chi connectivity index (χ2v) is 3.99. The molecule has 13 heavy (non-hydrogen) atoms. The predicted molar refractivity (Wildman–Crippen MR) is 54.8 cm³/mol. The van der Waals surface area contributed by atoms with Crippen molar-refractivity contribution in [3.8, 4) is 0 Å². The molecule has 0 rings (SSSR count). The van der Waals surface area contributed by atoms with Crippen LogP contribution in [0.1, 0.15) is 20.8 Å². The van der Waals surface area contributed by atoms with Gasteiger partial charge in [-0.2, -0.15) is 0 Å². The Morgan fingerprint density at radius 3 is 2.31 bits per heavy atom. The van der Waals surface area contributed by atoms with Gasteiger partial charge in [-0.15, -0.1) is 0 Å². The Morgan fingerprint density at radius 2 is 1.85 bits per heavy atom. The van der Waals surface area contributed by atoms with Crippen molar-refractivity contribution in [2.24, 2.45) is 11.8 Å². The second-order valence-electron chi connectivity index (χ2n) is 3.99. The van der Waals surface area contributed by atoms with E-state index < -0.39 is 0 Å². The number of methoxy groups -OCH3 is 1. The highest BCUT2D eigenvalue weighted by Gasteiger charge is 2.07. The molecule has 0 aliphatic heterocycles. The third-order valence-corrected chi connectivity index (χ3v) is 2.34. The molecule has 0 radical (unpaired) electrons. The summed E-state index contributed by atoms with van der Waals surface area (Å²) in [6, 6.07) is 0. The van der Waals surface area contributed by atoms with Crippen LogP contribution in [-0.4, -0.2) is 38.0 Å². The average Bonchev–Trinajstić information content (AvgIpc) is 2.04. The van der Waals surface area contributed by atoms with Gasteiger partial charge < -0.3 is 15.2 Å². The smallest absolute Gasteiger partial charge is 0.0897 e. The van der Waals surface area contributed by atoms with Gasteiger partial charge in [-0.05, 0) is 18.4 Å². The quantitative estimate of drug-likeness (QED) is 0.624. The Morgan fingerprint density at radius 1 is 1.23 bits per heavy atom. The molecule has 3 heteroatoms. The molecule has 0 aromatic heterocycles. The van der Waals surface area contributed by atoms with E-state index in [1.54, 1.807) is 7.11 Å². The molecule has 3 nitrogen and oxygen atoms in total. The third kappa shape index (κ3) is 6.99. The summed E-state index contributed by atoms with van der Waals surface area (Å²) < 4.78 is 4.82. The molecular weight excluding hydrogens is 166 g/mol. The summed E-state index contributed by atoms with van der Waals surface area (Å²) in [6.45, 7) is 8.60. The predicted octanol–water partition coefficient (Wildman–Crippen LogP) is 0.875. The first-order chi connectivity index (χ1) is 6.07. The van der Waals surface area contributed by atoms with Gasteiger partial charge in [0.15, 0.2) is 0 Å². The van der Waals surface area contributed by atoms with Gasteiger partial charge >= 0.3 is 0 Å². The van der Waals surface area contributed by atoms with E-state index in [2.05, 4.69) is 26.1 Å². The Bertz CT molecular complexity index is 117. The molecule has 0 saturated carbocycles. The van der Waals surface area contributed by atoms with E-state index >= 15 is 0 Å². The van der Waals surface area contributed by atoms with Crippen LogP contribution in [0, 0.1) is 11.8 Å². The number of hydrogen-bond acceptors (Lipinski definition) is 3. The Balaban J connectivity index is 3.33. The van der Waals surface area contributed by atoms with Crippen LogP contribution in [-0.2, 0) is 4.74 Å². The summed E-state index contributed by atoms with van der Waals surface area (Å²) in [5.41, 5.74) is 0. The van der Waals surface area contributed by atoms with Crippen LogP contribution in [0.3, 0.4) is 0 Å². The van der Waals surface area contributed by atoms with Crippen molar-refractivity contribution in [1.82, 2.24) is 5.32 Å². The van der Waals surface area contributed by atoms with Crippen molar-refractivity contribution in [3.63, 3.8) is 0 Å². The molecule has 2 N–H and O–H groups in total. The molecule has 0 heterocycles. The van der Waals surface area contributed by atoms with Gasteiger partial charge in [0.05, 0.1) is 12.7 Å².